The molecule has 2 aliphatic heterocycles. The van der Waals surface area contributed by atoms with Crippen molar-refractivity contribution in [1.82, 2.24) is 33.8 Å². The molecule has 17 heteroatoms. The van der Waals surface area contributed by atoms with Gasteiger partial charge in [0.05, 0.1) is 18.2 Å². The van der Waals surface area contributed by atoms with Gasteiger partial charge in [-0.25, -0.2) is 9.50 Å². The van der Waals surface area contributed by atoms with E-state index in [4.69, 9.17) is 10.6 Å². The van der Waals surface area contributed by atoms with Crippen LogP contribution in [-0.2, 0) is 25.8 Å². The van der Waals surface area contributed by atoms with E-state index in [1.54, 1.807) is 40.8 Å². The number of thioether (sulfide) groups is 1. The molecule has 0 unspecified atom stereocenters. The minimum atomic E-state index is -1.46. The van der Waals surface area contributed by atoms with Gasteiger partial charge in [0.15, 0.2) is 10.8 Å². The summed E-state index contributed by atoms with van der Waals surface area (Å²) in [5.74, 6) is -2.49. The number of oxime groups is 1. The molecule has 2 amide bonds. The largest absolute Gasteiger partial charge is 1.00 e. The monoisotopic (exact) mass is 539 g/mol. The van der Waals surface area contributed by atoms with E-state index in [0.717, 1.165) is 16.4 Å². The van der Waals surface area contributed by atoms with Gasteiger partial charge in [-0.2, -0.15) is 9.36 Å². The third kappa shape index (κ3) is 4.61. The van der Waals surface area contributed by atoms with E-state index in [-0.39, 0.29) is 65.1 Å². The maximum absolute atomic E-state index is 13.0. The Balaban J connectivity index is 0.00000304. The minimum Gasteiger partial charge on any atom is -0.543 e. The summed E-state index contributed by atoms with van der Waals surface area (Å²) in [5.41, 5.74) is 6.40. The summed E-state index contributed by atoms with van der Waals surface area (Å²) >= 11 is 2.22. The number of imidazole rings is 1. The Morgan fingerprint density at radius 2 is 2.19 bits per heavy atom. The molecule has 0 aliphatic carbocycles. The van der Waals surface area contributed by atoms with Crippen molar-refractivity contribution in [2.75, 3.05) is 18.1 Å². The van der Waals surface area contributed by atoms with Crippen molar-refractivity contribution >= 4 is 57.6 Å². The van der Waals surface area contributed by atoms with E-state index in [9.17, 15) is 19.5 Å². The van der Waals surface area contributed by atoms with Crippen molar-refractivity contribution in [3.05, 3.63) is 41.8 Å². The number of nitrogens with two attached hydrogens (primary N) is 1. The Morgan fingerprint density at radius 1 is 1.39 bits per heavy atom. The number of aliphatic carboxylic acids is 1. The number of nitrogens with zero attached hydrogens (tertiary/aromatic N) is 7. The second-order valence-electron chi connectivity index (χ2n) is 7.46. The number of amides is 2. The normalized spacial score (nSPS) is 19.5. The summed E-state index contributed by atoms with van der Waals surface area (Å²) in [5, 5.41) is 17.9. The van der Waals surface area contributed by atoms with Crippen molar-refractivity contribution in [3.8, 4) is 0 Å². The molecule has 3 aromatic rings. The van der Waals surface area contributed by atoms with E-state index < -0.39 is 29.2 Å². The molecule has 1 fully saturated rings. The van der Waals surface area contributed by atoms with Gasteiger partial charge < -0.3 is 25.8 Å². The first-order chi connectivity index (χ1) is 16.9. The molecule has 14 nitrogen and oxygen atoms in total. The standard InChI is InChI=1S/C19H19N9O5S2.Na/c1-2-33-24-11(14-23-19(20)35-25-14)15(29)22-12-16(30)28-13(18(31)32)9(8-34-17(12)28)7-26-5-3-10-21-4-6-27(10)26;/h3-6,12,17H,2,7-8H2,1H3,(H,22,29)(H,31,32)(H2,20,23,25);/q;+1/p-1/t12-,17+;/m1./s1. The summed E-state index contributed by atoms with van der Waals surface area (Å²) < 4.78 is 7.53. The van der Waals surface area contributed by atoms with Gasteiger partial charge in [0, 0.05) is 41.9 Å². The Morgan fingerprint density at radius 3 is 2.89 bits per heavy atom. The van der Waals surface area contributed by atoms with E-state index >= 15 is 0 Å². The van der Waals surface area contributed by atoms with Crippen LogP contribution in [0, 0.1) is 0 Å². The maximum Gasteiger partial charge on any atom is 1.00 e. The first-order valence-corrected chi connectivity index (χ1v) is 12.2. The van der Waals surface area contributed by atoms with Crippen molar-refractivity contribution in [1.29, 1.82) is 0 Å². The van der Waals surface area contributed by atoms with Crippen molar-refractivity contribution in [3.63, 3.8) is 0 Å². The van der Waals surface area contributed by atoms with E-state index in [0.29, 0.717) is 17.0 Å². The Kier molecular flexibility index (Phi) is 7.70. The molecule has 3 N–H and O–H groups in total. The molecule has 182 valence electrons. The number of nitrogens with one attached hydrogen (secondary N) is 1. The van der Waals surface area contributed by atoms with Crippen LogP contribution >= 0.6 is 23.3 Å². The topological polar surface area (TPSA) is 185 Å². The molecule has 0 radical (unpaired) electrons. The van der Waals surface area contributed by atoms with Crippen LogP contribution in [-0.4, -0.2) is 75.7 Å². The number of aromatic nitrogens is 5. The van der Waals surface area contributed by atoms with Crippen molar-refractivity contribution < 1.29 is 53.9 Å². The SMILES string of the molecule is CCON=C(C(=O)N[C@@H]1C(=O)N2C(C(=O)[O-])=C(Cn3ccc4nccn43)CS[C@@H]12)c1nsc(N)n1.[Na+]. The van der Waals surface area contributed by atoms with E-state index in [1.165, 1.54) is 11.8 Å². The molecule has 0 aromatic carbocycles. The summed E-state index contributed by atoms with van der Waals surface area (Å²) in [6.45, 7) is 2.11. The number of nitrogen functional groups attached to an aromatic ring is 1. The average molecular weight is 540 g/mol. The molecule has 36 heavy (non-hydrogen) atoms. The molecular weight excluding hydrogens is 521 g/mol. The molecule has 3 aromatic heterocycles. The Labute approximate surface area is 234 Å². The van der Waals surface area contributed by atoms with Gasteiger partial charge in [-0.05, 0) is 12.5 Å². The summed E-state index contributed by atoms with van der Waals surface area (Å²) in [4.78, 5) is 52.2. The van der Waals surface area contributed by atoms with Crippen LogP contribution in [0.3, 0.4) is 0 Å². The molecular formula is C19H18N9NaO5S2. The number of carboxylic acid groups (broad SMARTS) is 1. The van der Waals surface area contributed by atoms with Gasteiger partial charge in [-0.15, -0.1) is 11.8 Å². The van der Waals surface area contributed by atoms with Crippen LogP contribution in [0.25, 0.3) is 5.65 Å². The van der Waals surface area contributed by atoms with Crippen molar-refractivity contribution in [2.24, 2.45) is 5.16 Å². The molecule has 2 atom stereocenters. The number of fused-ring (bicyclic) bond motifs is 2. The second kappa shape index (κ2) is 10.6. The maximum atomic E-state index is 13.0. The molecule has 5 rings (SSSR count). The third-order valence-corrected chi connectivity index (χ3v) is 7.24. The third-order valence-electron chi connectivity index (χ3n) is 5.36. The Hall–Kier alpha value is -2.92. The molecule has 0 bridgehead atoms. The van der Waals surface area contributed by atoms with Crippen molar-refractivity contribution in [2.45, 2.75) is 24.9 Å². The minimum absolute atomic E-state index is 0. The second-order valence-corrected chi connectivity index (χ2v) is 9.35. The van der Waals surface area contributed by atoms with Crippen LogP contribution < -0.4 is 45.7 Å². The van der Waals surface area contributed by atoms with E-state index in [2.05, 4.69) is 24.8 Å². The predicted molar refractivity (Wildman–Crippen MR) is 123 cm³/mol. The Bertz CT molecular complexity index is 1400. The number of β-lactam (4-membered cyclic amide) rings is 1. The number of hydrogen-bond donors (Lipinski definition) is 2. The quantitative estimate of drug-likeness (QED) is 0.122. The predicted octanol–water partition coefficient (Wildman–Crippen LogP) is -4.58. The fraction of sp³-hybridized carbons (Fsp3) is 0.316. The van der Waals surface area contributed by atoms with Gasteiger partial charge in [0.25, 0.3) is 11.8 Å². The average Bonchev–Trinajstić information content (AvgIpc) is 3.56. The van der Waals surface area contributed by atoms with Crippen LogP contribution in [0.15, 0.2) is 41.1 Å². The number of carbonyl (C=O) groups is 3. The number of carbonyl (C=O) groups excluding carboxylic acids is 3. The number of rotatable bonds is 8. The first kappa shape index (κ1) is 26.2. The zero-order chi connectivity index (χ0) is 24.7. The summed E-state index contributed by atoms with van der Waals surface area (Å²) in [7, 11) is 0. The molecule has 0 spiro atoms. The molecule has 2 aliphatic rings. The van der Waals surface area contributed by atoms with Crippen LogP contribution in [0.1, 0.15) is 12.7 Å². The summed E-state index contributed by atoms with van der Waals surface area (Å²) in [6.07, 6.45) is 5.16. The van der Waals surface area contributed by atoms with Crippen LogP contribution in [0.5, 0.6) is 0 Å². The fourth-order valence-corrected chi connectivity index (χ4v) is 5.61. The summed E-state index contributed by atoms with van der Waals surface area (Å²) in [6, 6.07) is 0.822. The smallest absolute Gasteiger partial charge is 0.543 e. The van der Waals surface area contributed by atoms with Crippen LogP contribution in [0.2, 0.25) is 0 Å². The van der Waals surface area contributed by atoms with Gasteiger partial charge >= 0.3 is 29.6 Å². The zero-order valence-electron chi connectivity index (χ0n) is 19.2. The van der Waals surface area contributed by atoms with Crippen LogP contribution in [0.4, 0.5) is 5.13 Å². The van der Waals surface area contributed by atoms with Gasteiger partial charge in [-0.1, -0.05) is 5.16 Å². The first-order valence-electron chi connectivity index (χ1n) is 10.4. The van der Waals surface area contributed by atoms with E-state index in [1.807, 2.05) is 0 Å². The number of carboxylic acids is 1. The number of anilines is 1. The number of hydrogen-bond acceptors (Lipinski definition) is 12. The molecule has 1 saturated heterocycles. The fourth-order valence-electron chi connectivity index (χ4n) is 3.84. The van der Waals surface area contributed by atoms with Gasteiger partial charge in [0.1, 0.15) is 18.0 Å². The molecule has 0 saturated carbocycles. The zero-order valence-corrected chi connectivity index (χ0v) is 22.8. The van der Waals surface area contributed by atoms with Gasteiger partial charge in [0.2, 0.25) is 11.5 Å². The van der Waals surface area contributed by atoms with Gasteiger partial charge in [-0.3, -0.25) is 19.2 Å². The molecule has 5 heterocycles.